The predicted molar refractivity (Wildman–Crippen MR) is 239 cm³/mol. The van der Waals surface area contributed by atoms with E-state index in [1.165, 1.54) is 11.1 Å². The summed E-state index contributed by atoms with van der Waals surface area (Å²) in [5.41, 5.74) is 8.85. The number of carbonyl (C=O) groups excluding carboxylic acids is 3. The van der Waals surface area contributed by atoms with E-state index in [9.17, 15) is 19.5 Å². The Morgan fingerprint density at radius 2 is 1.26 bits per heavy atom. The second-order valence-corrected chi connectivity index (χ2v) is 15.3. The van der Waals surface area contributed by atoms with Crippen molar-refractivity contribution in [3.05, 3.63) is 124 Å². The Hall–Kier alpha value is -5.50. The van der Waals surface area contributed by atoms with Crippen LogP contribution in [-0.2, 0) is 27.2 Å². The number of carbonyl (C=O) groups is 3. The number of benzene rings is 3. The van der Waals surface area contributed by atoms with E-state index < -0.39 is 0 Å². The molecule has 8 nitrogen and oxygen atoms in total. The number of aryl methyl sites for hydroxylation is 2. The molecule has 0 radical (unpaired) electrons. The van der Waals surface area contributed by atoms with Gasteiger partial charge < -0.3 is 19.8 Å². The summed E-state index contributed by atoms with van der Waals surface area (Å²) in [6.07, 6.45) is 14.8. The molecule has 58 heavy (non-hydrogen) atoms. The van der Waals surface area contributed by atoms with Crippen LogP contribution in [0.2, 0.25) is 0 Å². The fourth-order valence-electron chi connectivity index (χ4n) is 7.71. The quantitative estimate of drug-likeness (QED) is 0.103. The van der Waals surface area contributed by atoms with Crippen molar-refractivity contribution >= 4 is 51.6 Å². The van der Waals surface area contributed by atoms with E-state index in [1.807, 2.05) is 50.3 Å². The largest absolute Gasteiger partial charge is 0.506 e. The van der Waals surface area contributed by atoms with Crippen LogP contribution in [0.3, 0.4) is 0 Å². The highest BCUT2D eigenvalue weighted by Crippen LogP contribution is 2.45. The average molecular weight is 784 g/mol. The first-order valence-corrected chi connectivity index (χ1v) is 21.4. The molecule has 3 aromatic rings. The molecular weight excluding hydrogens is 721 g/mol. The minimum atomic E-state index is -0.337. The number of hydrogen-bond acceptors (Lipinski definition) is 5. The monoisotopic (exact) mass is 783 g/mol. The standard InChI is InChI=1S/C50H62N4O4/c1-9-15-17-35-19-23-37(24-20-35)53(31-11-3)39-27-29-41(43(33-39)51(7)45(55)13-5)47-49(57)48(50(47)58)42-30-28-40(34-44(42)52(8)46(56)14-6)54(32-12-4)38-25-21-36(22-26-38)18-16-10-2/h19-30,33-34H,9-18,31-32H2,1-8H3/p+1. The van der Waals surface area contributed by atoms with Gasteiger partial charge in [-0.05, 0) is 79.6 Å². The topological polar surface area (TPSA) is 84.2 Å². The average Bonchev–Trinajstić information content (AvgIpc) is 3.25. The SMILES string of the molecule is CCCCc1ccc(N(CCC)c2ccc(C3=C(O)/C(=C4C=C/C(=[N+](\CCC)c5ccc(CCCC)cc5)C=C\4N(C)C(=O)CC)C3=O)c(N(C)C(=O)CC)c2)cc1. The van der Waals surface area contributed by atoms with Crippen molar-refractivity contribution in [1.82, 2.24) is 4.90 Å². The van der Waals surface area contributed by atoms with E-state index >= 15 is 0 Å². The van der Waals surface area contributed by atoms with Gasteiger partial charge in [0.05, 0.1) is 22.5 Å². The second kappa shape index (κ2) is 20.3. The third-order valence-corrected chi connectivity index (χ3v) is 11.2. The van der Waals surface area contributed by atoms with E-state index in [0.29, 0.717) is 22.5 Å². The molecule has 0 bridgehead atoms. The summed E-state index contributed by atoms with van der Waals surface area (Å²) in [5.74, 6) is -0.705. The molecular formula is C50H63N4O4+. The lowest BCUT2D eigenvalue weighted by Gasteiger charge is -2.32. The van der Waals surface area contributed by atoms with Crippen molar-refractivity contribution in [1.29, 1.82) is 0 Å². The summed E-state index contributed by atoms with van der Waals surface area (Å²) in [6, 6.07) is 23.1. The Kier molecular flexibility index (Phi) is 15.2. The van der Waals surface area contributed by atoms with Gasteiger partial charge in [0, 0.05) is 86.7 Å². The number of amides is 2. The number of aliphatic hydroxyl groups excluding tert-OH is 1. The van der Waals surface area contributed by atoms with Crippen LogP contribution in [-0.4, -0.2) is 65.1 Å². The van der Waals surface area contributed by atoms with Gasteiger partial charge in [0.2, 0.25) is 29.0 Å². The van der Waals surface area contributed by atoms with Gasteiger partial charge >= 0.3 is 0 Å². The van der Waals surface area contributed by atoms with E-state index in [0.717, 1.165) is 87.2 Å². The third kappa shape index (κ3) is 9.44. The Morgan fingerprint density at radius 1 is 0.672 bits per heavy atom. The van der Waals surface area contributed by atoms with Crippen molar-refractivity contribution in [2.75, 3.05) is 37.0 Å². The summed E-state index contributed by atoms with van der Waals surface area (Å²) in [6.45, 7) is 13.8. The first-order chi connectivity index (χ1) is 28.0. The third-order valence-electron chi connectivity index (χ3n) is 11.2. The van der Waals surface area contributed by atoms with Crippen LogP contribution in [0.4, 0.5) is 22.7 Å². The number of allylic oxidation sites excluding steroid dienone is 5. The molecule has 2 amide bonds. The van der Waals surface area contributed by atoms with Gasteiger partial charge in [-0.25, -0.2) is 0 Å². The van der Waals surface area contributed by atoms with Crippen molar-refractivity contribution < 1.29 is 24.1 Å². The highest BCUT2D eigenvalue weighted by atomic mass is 16.3. The number of hydrogen-bond donors (Lipinski definition) is 1. The maximum atomic E-state index is 14.4. The maximum Gasteiger partial charge on any atom is 0.226 e. The molecule has 0 saturated heterocycles. The molecule has 0 aliphatic heterocycles. The van der Waals surface area contributed by atoms with Gasteiger partial charge in [-0.2, -0.15) is 4.58 Å². The van der Waals surface area contributed by atoms with Crippen LogP contribution in [0.1, 0.15) is 110 Å². The van der Waals surface area contributed by atoms with Gasteiger partial charge in [0.1, 0.15) is 12.3 Å². The number of rotatable bonds is 18. The van der Waals surface area contributed by atoms with E-state index in [2.05, 4.69) is 85.7 Å². The van der Waals surface area contributed by atoms with Crippen molar-refractivity contribution in [3.63, 3.8) is 0 Å². The van der Waals surface area contributed by atoms with Gasteiger partial charge in [-0.15, -0.1) is 0 Å². The number of unbranched alkanes of at least 4 members (excludes halogenated alkanes) is 2. The molecule has 5 rings (SSSR count). The number of nitrogens with zero attached hydrogens (tertiary/aromatic N) is 4. The predicted octanol–water partition coefficient (Wildman–Crippen LogP) is 11.0. The lowest BCUT2D eigenvalue weighted by atomic mass is 9.78. The fourth-order valence-corrected chi connectivity index (χ4v) is 7.71. The van der Waals surface area contributed by atoms with Gasteiger partial charge in [-0.1, -0.05) is 78.6 Å². The van der Waals surface area contributed by atoms with E-state index in [1.54, 1.807) is 23.9 Å². The molecule has 0 heterocycles. The molecule has 0 atom stereocenters. The second-order valence-electron chi connectivity index (χ2n) is 15.3. The van der Waals surface area contributed by atoms with Crippen molar-refractivity contribution in [3.8, 4) is 0 Å². The van der Waals surface area contributed by atoms with Crippen molar-refractivity contribution in [2.45, 2.75) is 106 Å². The van der Waals surface area contributed by atoms with Crippen LogP contribution < -0.4 is 9.80 Å². The maximum absolute atomic E-state index is 14.4. The summed E-state index contributed by atoms with van der Waals surface area (Å²) in [4.78, 5) is 46.3. The molecule has 0 saturated carbocycles. The Morgan fingerprint density at radius 3 is 1.81 bits per heavy atom. The number of likely N-dealkylation sites (N-methyl/N-ethyl adjacent to an activating group) is 1. The number of anilines is 3. The first kappa shape index (κ1) is 43.6. The summed E-state index contributed by atoms with van der Waals surface area (Å²) >= 11 is 0. The molecule has 306 valence electrons. The van der Waals surface area contributed by atoms with Gasteiger partial charge in [0.25, 0.3) is 0 Å². The smallest absolute Gasteiger partial charge is 0.226 e. The number of ketones is 1. The van der Waals surface area contributed by atoms with Crippen LogP contribution in [0.15, 0.2) is 108 Å². The Labute approximate surface area is 346 Å². The lowest BCUT2D eigenvalue weighted by Crippen LogP contribution is -2.32. The molecule has 2 aliphatic carbocycles. The lowest BCUT2D eigenvalue weighted by molar-refractivity contribution is -0.439. The molecule has 0 spiro atoms. The summed E-state index contributed by atoms with van der Waals surface area (Å²) < 4.78 is 2.23. The zero-order chi connectivity index (χ0) is 41.9. The van der Waals surface area contributed by atoms with E-state index in [-0.39, 0.29) is 47.3 Å². The van der Waals surface area contributed by atoms with Crippen molar-refractivity contribution in [2.24, 2.45) is 0 Å². The molecule has 2 aliphatic rings. The van der Waals surface area contributed by atoms with Gasteiger partial charge in [-0.3, -0.25) is 14.4 Å². The molecule has 0 fully saturated rings. The fraction of sp³-hybridized carbons (Fsp3) is 0.400. The highest BCUT2D eigenvalue weighted by Gasteiger charge is 2.41. The normalized spacial score (nSPS) is 15.9. The highest BCUT2D eigenvalue weighted by molar-refractivity contribution is 6.40. The molecule has 3 aromatic carbocycles. The molecule has 0 unspecified atom stereocenters. The number of Topliss-reactive ketones (excluding diaryl/α,β-unsaturated/α-hetero) is 1. The molecule has 8 heteroatoms. The van der Waals surface area contributed by atoms with E-state index in [4.69, 9.17) is 0 Å². The van der Waals surface area contributed by atoms with Crippen LogP contribution in [0.25, 0.3) is 5.57 Å². The van der Waals surface area contributed by atoms with Crippen LogP contribution >= 0.6 is 0 Å². The van der Waals surface area contributed by atoms with Gasteiger partial charge in [0.15, 0.2) is 0 Å². The minimum absolute atomic E-state index is 0.110. The summed E-state index contributed by atoms with van der Waals surface area (Å²) in [5, 5.41) is 11.9. The minimum Gasteiger partial charge on any atom is -0.506 e. The first-order valence-electron chi connectivity index (χ1n) is 21.4. The molecule has 0 aromatic heterocycles. The number of aliphatic hydroxyl groups is 1. The zero-order valence-corrected chi connectivity index (χ0v) is 36.0. The Balaban J connectivity index is 1.61. The van der Waals surface area contributed by atoms with Crippen LogP contribution in [0.5, 0.6) is 0 Å². The zero-order valence-electron chi connectivity index (χ0n) is 36.0. The molecule has 1 N–H and O–H groups in total. The van der Waals surface area contributed by atoms with Crippen LogP contribution in [0, 0.1) is 0 Å². The Bertz CT molecular complexity index is 2140. The summed E-state index contributed by atoms with van der Waals surface area (Å²) in [7, 11) is 3.44.